The van der Waals surface area contributed by atoms with Crippen molar-refractivity contribution < 1.29 is 30.3 Å². The van der Waals surface area contributed by atoms with Gasteiger partial charge >= 0.3 is 0 Å². The standard InChI is InChI=1S/C27H46O6/c1-15(2)6-7-23(31)26(5,32)22-9-11-27(33)17-12-19(28)18-13-20(29)21(30)14-24(18,3)16(17)8-10-25(22,27)4/h15-18,20-23,29-33H,6-14H2,1-5H3/t16-,17+,18-,20+,21-,22-,23+,24+,25+,26+,27+/m0/s1. The van der Waals surface area contributed by atoms with E-state index in [1.807, 2.05) is 0 Å². The van der Waals surface area contributed by atoms with Crippen molar-refractivity contribution in [3.63, 3.8) is 0 Å². The number of hydrogen-bond donors (Lipinski definition) is 5. The molecule has 0 radical (unpaired) electrons. The summed E-state index contributed by atoms with van der Waals surface area (Å²) >= 11 is 0. The number of aliphatic hydroxyl groups excluding tert-OH is 3. The Morgan fingerprint density at radius 2 is 1.73 bits per heavy atom. The third kappa shape index (κ3) is 3.66. The first-order valence-electron chi connectivity index (χ1n) is 13.2. The van der Waals surface area contributed by atoms with Crippen LogP contribution in [0.5, 0.6) is 0 Å². The summed E-state index contributed by atoms with van der Waals surface area (Å²) in [4.78, 5) is 13.3. The molecule has 0 saturated heterocycles. The molecule has 6 heteroatoms. The third-order valence-electron chi connectivity index (χ3n) is 11.1. The molecule has 5 N–H and O–H groups in total. The minimum atomic E-state index is -1.31. The van der Waals surface area contributed by atoms with Crippen molar-refractivity contribution in [1.29, 1.82) is 0 Å². The average molecular weight is 467 g/mol. The van der Waals surface area contributed by atoms with Crippen LogP contribution < -0.4 is 0 Å². The number of carbonyl (C=O) groups is 1. The number of fused-ring (bicyclic) bond motifs is 5. The summed E-state index contributed by atoms with van der Waals surface area (Å²) in [6, 6.07) is 0. The van der Waals surface area contributed by atoms with Crippen LogP contribution in [-0.2, 0) is 4.79 Å². The summed E-state index contributed by atoms with van der Waals surface area (Å²) in [7, 11) is 0. The van der Waals surface area contributed by atoms with Crippen molar-refractivity contribution >= 4 is 5.78 Å². The second-order valence-corrected chi connectivity index (χ2v) is 13.2. The van der Waals surface area contributed by atoms with Crippen LogP contribution in [0.1, 0.15) is 92.4 Å². The van der Waals surface area contributed by atoms with E-state index in [4.69, 9.17) is 0 Å². The fourth-order valence-corrected chi connectivity index (χ4v) is 8.98. The van der Waals surface area contributed by atoms with E-state index in [0.717, 1.165) is 19.3 Å². The Balaban J connectivity index is 1.63. The molecule has 4 aliphatic carbocycles. The summed E-state index contributed by atoms with van der Waals surface area (Å²) in [5.74, 6) is -0.125. The van der Waals surface area contributed by atoms with Gasteiger partial charge in [-0.2, -0.15) is 0 Å². The van der Waals surface area contributed by atoms with Crippen LogP contribution in [0.2, 0.25) is 0 Å². The molecule has 0 amide bonds. The van der Waals surface area contributed by atoms with Gasteiger partial charge in [0.2, 0.25) is 0 Å². The van der Waals surface area contributed by atoms with E-state index in [9.17, 15) is 30.3 Å². The molecule has 0 bridgehead atoms. The quantitative estimate of drug-likeness (QED) is 0.425. The highest BCUT2D eigenvalue weighted by Gasteiger charge is 2.71. The van der Waals surface area contributed by atoms with E-state index in [1.54, 1.807) is 6.92 Å². The van der Waals surface area contributed by atoms with Crippen LogP contribution in [0, 0.1) is 40.4 Å². The number of ketones is 1. The first kappa shape index (κ1) is 25.6. The van der Waals surface area contributed by atoms with Crippen molar-refractivity contribution in [1.82, 2.24) is 0 Å². The Kier molecular flexibility index (Phi) is 6.40. The van der Waals surface area contributed by atoms with E-state index in [2.05, 4.69) is 27.7 Å². The van der Waals surface area contributed by atoms with Gasteiger partial charge in [-0.3, -0.25) is 4.79 Å². The Bertz CT molecular complexity index is 766. The average Bonchev–Trinajstić information content (AvgIpc) is 3.00. The molecular weight excluding hydrogens is 420 g/mol. The van der Waals surface area contributed by atoms with Gasteiger partial charge in [0.1, 0.15) is 5.78 Å². The first-order chi connectivity index (χ1) is 15.2. The Labute approximate surface area is 198 Å². The minimum Gasteiger partial charge on any atom is -0.390 e. The monoisotopic (exact) mass is 466 g/mol. The highest BCUT2D eigenvalue weighted by Crippen LogP contribution is 2.69. The van der Waals surface area contributed by atoms with Crippen LogP contribution in [0.4, 0.5) is 0 Å². The van der Waals surface area contributed by atoms with Crippen molar-refractivity contribution in [3.05, 3.63) is 0 Å². The molecule has 4 saturated carbocycles. The smallest absolute Gasteiger partial charge is 0.137 e. The molecule has 6 nitrogen and oxygen atoms in total. The summed E-state index contributed by atoms with van der Waals surface area (Å²) in [6.45, 7) is 10.1. The van der Waals surface area contributed by atoms with E-state index >= 15 is 0 Å². The molecular formula is C27H46O6. The molecule has 0 spiro atoms. The van der Waals surface area contributed by atoms with Crippen molar-refractivity contribution in [2.24, 2.45) is 40.4 Å². The highest BCUT2D eigenvalue weighted by molar-refractivity contribution is 5.83. The normalized spacial score (nSPS) is 50.3. The van der Waals surface area contributed by atoms with Gasteiger partial charge in [0.05, 0.1) is 29.5 Å². The molecule has 4 fully saturated rings. The van der Waals surface area contributed by atoms with E-state index in [0.29, 0.717) is 44.4 Å². The lowest BCUT2D eigenvalue weighted by atomic mass is 9.42. The highest BCUT2D eigenvalue weighted by atomic mass is 16.3. The minimum absolute atomic E-state index is 0.0922. The lowest BCUT2D eigenvalue weighted by Gasteiger charge is -2.64. The van der Waals surface area contributed by atoms with Gasteiger partial charge in [-0.15, -0.1) is 0 Å². The van der Waals surface area contributed by atoms with Gasteiger partial charge in [-0.05, 0) is 87.4 Å². The fraction of sp³-hybridized carbons (Fsp3) is 0.963. The number of hydrogen-bond acceptors (Lipinski definition) is 6. The molecule has 33 heavy (non-hydrogen) atoms. The SMILES string of the molecule is CC(C)CC[C@@H](O)[C@](C)(O)[C@H]1CC[C@@]2(O)[C@@H]3CC(=O)[C@@H]4C[C@@H](O)[C@@H](O)C[C@]4(C)[C@H]3CC[C@]12C. The molecule has 0 aliphatic heterocycles. The summed E-state index contributed by atoms with van der Waals surface area (Å²) in [6.07, 6.45) is 2.46. The second-order valence-electron chi connectivity index (χ2n) is 13.2. The van der Waals surface area contributed by atoms with Crippen LogP contribution in [0.15, 0.2) is 0 Å². The third-order valence-corrected chi connectivity index (χ3v) is 11.1. The molecule has 190 valence electrons. The van der Waals surface area contributed by atoms with Crippen LogP contribution in [0.25, 0.3) is 0 Å². The Morgan fingerprint density at radius 3 is 2.36 bits per heavy atom. The van der Waals surface area contributed by atoms with Gasteiger partial charge in [0, 0.05) is 17.8 Å². The maximum absolute atomic E-state index is 13.3. The van der Waals surface area contributed by atoms with Crippen LogP contribution in [-0.4, -0.2) is 60.8 Å². The fourth-order valence-electron chi connectivity index (χ4n) is 8.98. The van der Waals surface area contributed by atoms with Crippen molar-refractivity contribution in [2.45, 2.75) is 122 Å². The van der Waals surface area contributed by atoms with Gasteiger partial charge in [0.25, 0.3) is 0 Å². The zero-order chi connectivity index (χ0) is 24.6. The molecule has 0 heterocycles. The molecule has 4 rings (SSSR count). The Morgan fingerprint density at radius 1 is 1.06 bits per heavy atom. The number of aliphatic hydroxyl groups is 5. The van der Waals surface area contributed by atoms with Gasteiger partial charge in [-0.1, -0.05) is 27.7 Å². The largest absolute Gasteiger partial charge is 0.390 e. The molecule has 4 aliphatic rings. The van der Waals surface area contributed by atoms with E-state index < -0.39 is 40.3 Å². The molecule has 0 aromatic rings. The summed E-state index contributed by atoms with van der Waals surface area (Å²) in [5.41, 5.74) is -3.43. The topological polar surface area (TPSA) is 118 Å². The zero-order valence-corrected chi connectivity index (χ0v) is 21.1. The van der Waals surface area contributed by atoms with Gasteiger partial charge < -0.3 is 25.5 Å². The van der Waals surface area contributed by atoms with Gasteiger partial charge in [0.15, 0.2) is 0 Å². The van der Waals surface area contributed by atoms with E-state index in [1.165, 1.54) is 0 Å². The number of Topliss-reactive ketones (excluding diaryl/α,β-unsaturated/α-hetero) is 1. The summed E-state index contributed by atoms with van der Waals surface area (Å²) in [5, 5.41) is 55.5. The molecule has 11 atom stereocenters. The molecule has 0 aromatic heterocycles. The predicted octanol–water partition coefficient (Wildman–Crippen LogP) is 2.82. The number of carbonyl (C=O) groups excluding carboxylic acids is 1. The van der Waals surface area contributed by atoms with Crippen molar-refractivity contribution in [2.75, 3.05) is 0 Å². The molecule has 0 unspecified atom stereocenters. The second kappa shape index (κ2) is 8.26. The predicted molar refractivity (Wildman–Crippen MR) is 125 cm³/mol. The lowest BCUT2D eigenvalue weighted by molar-refractivity contribution is -0.232. The van der Waals surface area contributed by atoms with Crippen LogP contribution >= 0.6 is 0 Å². The van der Waals surface area contributed by atoms with Gasteiger partial charge in [-0.25, -0.2) is 0 Å². The molecule has 0 aromatic carbocycles. The zero-order valence-electron chi connectivity index (χ0n) is 21.1. The lowest BCUT2D eigenvalue weighted by Crippen LogP contribution is -2.66. The van der Waals surface area contributed by atoms with E-state index in [-0.39, 0.29) is 29.5 Å². The Hall–Kier alpha value is -0.530. The van der Waals surface area contributed by atoms with Crippen molar-refractivity contribution in [3.8, 4) is 0 Å². The maximum atomic E-state index is 13.3. The number of rotatable bonds is 5. The van der Waals surface area contributed by atoms with Crippen LogP contribution in [0.3, 0.4) is 0 Å². The summed E-state index contributed by atoms with van der Waals surface area (Å²) < 4.78 is 0. The maximum Gasteiger partial charge on any atom is 0.137 e. The first-order valence-corrected chi connectivity index (χ1v) is 13.2.